The highest BCUT2D eigenvalue weighted by Crippen LogP contribution is 2.25. The maximum Gasteiger partial charge on any atom is 0.0726 e. The minimum Gasteiger partial charge on any atom is -0.384 e. The summed E-state index contributed by atoms with van der Waals surface area (Å²) in [6.45, 7) is 10.3. The van der Waals surface area contributed by atoms with E-state index in [9.17, 15) is 0 Å². The number of nitrogens with zero attached hydrogens (tertiary/aromatic N) is 2. The summed E-state index contributed by atoms with van der Waals surface area (Å²) in [5.41, 5.74) is 9.09. The van der Waals surface area contributed by atoms with Gasteiger partial charge in [-0.3, -0.25) is 9.97 Å². The van der Waals surface area contributed by atoms with Gasteiger partial charge in [-0.05, 0) is 76.9 Å². The van der Waals surface area contributed by atoms with E-state index in [1.165, 1.54) is 33.3 Å². The molecule has 4 aromatic rings. The number of aryl methyl sites for hydroxylation is 4. The number of aromatic nitrogens is 2. The van der Waals surface area contributed by atoms with Gasteiger partial charge >= 0.3 is 0 Å². The van der Waals surface area contributed by atoms with Crippen molar-refractivity contribution in [2.75, 3.05) is 23.7 Å². The van der Waals surface area contributed by atoms with Gasteiger partial charge in [0.2, 0.25) is 0 Å². The Morgan fingerprint density at radius 3 is 1.47 bits per heavy atom. The first-order valence-electron chi connectivity index (χ1n) is 10.7. The maximum atomic E-state index is 4.65. The number of benzene rings is 2. The highest BCUT2D eigenvalue weighted by Gasteiger charge is 2.06. The number of pyridine rings is 2. The molecule has 0 spiro atoms. The van der Waals surface area contributed by atoms with Crippen LogP contribution in [0, 0.1) is 27.7 Å². The van der Waals surface area contributed by atoms with E-state index < -0.39 is 0 Å². The Morgan fingerprint density at radius 1 is 0.600 bits per heavy atom. The third-order valence-corrected chi connectivity index (χ3v) is 5.42. The van der Waals surface area contributed by atoms with Gasteiger partial charge in [-0.25, -0.2) is 0 Å². The van der Waals surface area contributed by atoms with E-state index in [4.69, 9.17) is 0 Å². The van der Waals surface area contributed by atoms with Crippen molar-refractivity contribution >= 4 is 33.2 Å². The first-order chi connectivity index (χ1) is 14.5. The van der Waals surface area contributed by atoms with Crippen molar-refractivity contribution in [1.82, 2.24) is 9.97 Å². The minimum absolute atomic E-state index is 0.948. The zero-order valence-electron chi connectivity index (χ0n) is 18.3. The molecular formula is C26H30N4. The van der Waals surface area contributed by atoms with Crippen molar-refractivity contribution in [2.45, 2.75) is 40.5 Å². The third kappa shape index (κ3) is 4.54. The van der Waals surface area contributed by atoms with Crippen LogP contribution in [-0.2, 0) is 0 Å². The Balaban J connectivity index is 1.35. The highest BCUT2D eigenvalue weighted by molar-refractivity contribution is 5.92. The van der Waals surface area contributed by atoms with Gasteiger partial charge in [0.05, 0.1) is 11.0 Å². The van der Waals surface area contributed by atoms with Crippen molar-refractivity contribution < 1.29 is 0 Å². The molecule has 0 unspecified atom stereocenters. The number of anilines is 2. The number of nitrogens with one attached hydrogen (secondary N) is 2. The van der Waals surface area contributed by atoms with Crippen molar-refractivity contribution in [3.05, 3.63) is 71.0 Å². The molecule has 2 heterocycles. The lowest BCUT2D eigenvalue weighted by atomic mass is 10.1. The molecular weight excluding hydrogens is 368 g/mol. The van der Waals surface area contributed by atoms with Crippen LogP contribution < -0.4 is 10.6 Å². The van der Waals surface area contributed by atoms with E-state index in [0.717, 1.165) is 48.4 Å². The molecule has 0 aliphatic carbocycles. The van der Waals surface area contributed by atoms with E-state index in [0.29, 0.717) is 0 Å². The quantitative estimate of drug-likeness (QED) is 0.358. The average Bonchev–Trinajstić information content (AvgIpc) is 2.71. The SMILES string of the molecule is Cc1ccc2nc(C)cc(NCCCCNc3cc(C)nc4ccc(C)cc34)c2c1. The summed E-state index contributed by atoms with van der Waals surface area (Å²) in [5, 5.41) is 9.65. The predicted molar refractivity (Wildman–Crippen MR) is 129 cm³/mol. The summed E-state index contributed by atoms with van der Waals surface area (Å²) < 4.78 is 0. The zero-order chi connectivity index (χ0) is 21.1. The van der Waals surface area contributed by atoms with Gasteiger partial charge in [0, 0.05) is 46.6 Å². The van der Waals surface area contributed by atoms with E-state index in [1.54, 1.807) is 0 Å². The molecule has 0 saturated carbocycles. The van der Waals surface area contributed by atoms with Gasteiger partial charge < -0.3 is 10.6 Å². The van der Waals surface area contributed by atoms with Crippen LogP contribution in [0.1, 0.15) is 35.4 Å². The van der Waals surface area contributed by atoms with Gasteiger partial charge in [0.15, 0.2) is 0 Å². The first-order valence-corrected chi connectivity index (χ1v) is 10.7. The maximum absolute atomic E-state index is 4.65. The lowest BCUT2D eigenvalue weighted by Gasteiger charge is -2.13. The molecule has 0 aliphatic heterocycles. The second kappa shape index (κ2) is 8.70. The van der Waals surface area contributed by atoms with E-state index >= 15 is 0 Å². The topological polar surface area (TPSA) is 49.8 Å². The summed E-state index contributed by atoms with van der Waals surface area (Å²) >= 11 is 0. The molecule has 4 nitrogen and oxygen atoms in total. The van der Waals surface area contributed by atoms with E-state index in [2.05, 4.69) is 96.8 Å². The molecule has 4 rings (SSSR count). The Kier molecular flexibility index (Phi) is 5.84. The summed E-state index contributed by atoms with van der Waals surface area (Å²) in [6.07, 6.45) is 2.20. The zero-order valence-corrected chi connectivity index (χ0v) is 18.3. The Hall–Kier alpha value is -3.14. The molecule has 0 fully saturated rings. The van der Waals surface area contributed by atoms with Crippen LogP contribution in [0.5, 0.6) is 0 Å². The fraction of sp³-hybridized carbons (Fsp3) is 0.308. The molecule has 0 atom stereocenters. The standard InChI is InChI=1S/C26H30N4/c1-17-7-9-23-21(13-17)25(15-19(3)29-23)27-11-5-6-12-28-26-16-20(4)30-24-10-8-18(2)14-22(24)26/h7-10,13-16H,5-6,11-12H2,1-4H3,(H,27,29)(H,28,30). The summed E-state index contributed by atoms with van der Waals surface area (Å²) in [6, 6.07) is 17.2. The van der Waals surface area contributed by atoms with Gasteiger partial charge in [-0.15, -0.1) is 0 Å². The van der Waals surface area contributed by atoms with Crippen molar-refractivity contribution in [3.8, 4) is 0 Å². The fourth-order valence-corrected chi connectivity index (χ4v) is 3.93. The Bertz CT molecular complexity index is 1100. The molecule has 2 aromatic heterocycles. The molecule has 0 bridgehead atoms. The molecule has 4 heteroatoms. The Morgan fingerprint density at radius 2 is 1.03 bits per heavy atom. The normalized spacial score (nSPS) is 11.2. The first kappa shape index (κ1) is 20.1. The van der Waals surface area contributed by atoms with Crippen molar-refractivity contribution in [2.24, 2.45) is 0 Å². The van der Waals surface area contributed by atoms with Crippen LogP contribution in [0.4, 0.5) is 11.4 Å². The molecule has 2 N–H and O–H groups in total. The minimum atomic E-state index is 0.948. The number of rotatable bonds is 7. The molecule has 30 heavy (non-hydrogen) atoms. The lowest BCUT2D eigenvalue weighted by Crippen LogP contribution is -2.08. The number of hydrogen-bond acceptors (Lipinski definition) is 4. The van der Waals surface area contributed by atoms with Crippen molar-refractivity contribution in [3.63, 3.8) is 0 Å². The van der Waals surface area contributed by atoms with Gasteiger partial charge in [0.25, 0.3) is 0 Å². The summed E-state index contributed by atoms with van der Waals surface area (Å²) in [4.78, 5) is 9.30. The second-order valence-corrected chi connectivity index (χ2v) is 8.22. The molecule has 0 amide bonds. The average molecular weight is 399 g/mol. The number of unbranched alkanes of at least 4 members (excludes halogenated alkanes) is 1. The number of fused-ring (bicyclic) bond motifs is 2. The molecule has 0 saturated heterocycles. The Labute approximate surface area is 178 Å². The second-order valence-electron chi connectivity index (χ2n) is 8.22. The number of hydrogen-bond donors (Lipinski definition) is 2. The lowest BCUT2D eigenvalue weighted by molar-refractivity contribution is 0.796. The molecule has 2 aromatic carbocycles. The van der Waals surface area contributed by atoms with Gasteiger partial charge in [-0.2, -0.15) is 0 Å². The predicted octanol–water partition coefficient (Wildman–Crippen LogP) is 6.32. The van der Waals surface area contributed by atoms with Crippen LogP contribution in [0.3, 0.4) is 0 Å². The van der Waals surface area contributed by atoms with E-state index in [-0.39, 0.29) is 0 Å². The van der Waals surface area contributed by atoms with Crippen molar-refractivity contribution in [1.29, 1.82) is 0 Å². The molecule has 0 aliphatic rings. The van der Waals surface area contributed by atoms with Crippen LogP contribution in [-0.4, -0.2) is 23.1 Å². The largest absolute Gasteiger partial charge is 0.384 e. The molecule has 0 radical (unpaired) electrons. The fourth-order valence-electron chi connectivity index (χ4n) is 3.93. The van der Waals surface area contributed by atoms with Gasteiger partial charge in [-0.1, -0.05) is 23.3 Å². The van der Waals surface area contributed by atoms with Gasteiger partial charge in [0.1, 0.15) is 0 Å². The molecule has 154 valence electrons. The summed E-state index contributed by atoms with van der Waals surface area (Å²) in [5.74, 6) is 0. The summed E-state index contributed by atoms with van der Waals surface area (Å²) in [7, 11) is 0. The monoisotopic (exact) mass is 398 g/mol. The van der Waals surface area contributed by atoms with Crippen LogP contribution in [0.15, 0.2) is 48.5 Å². The third-order valence-electron chi connectivity index (χ3n) is 5.42. The smallest absolute Gasteiger partial charge is 0.0726 e. The van der Waals surface area contributed by atoms with Crippen LogP contribution in [0.2, 0.25) is 0 Å². The van der Waals surface area contributed by atoms with Crippen LogP contribution in [0.25, 0.3) is 21.8 Å². The van der Waals surface area contributed by atoms with E-state index in [1.807, 2.05) is 0 Å². The van der Waals surface area contributed by atoms with Crippen LogP contribution >= 0.6 is 0 Å². The highest BCUT2D eigenvalue weighted by atomic mass is 14.9.